The molecule has 11 heteroatoms. The van der Waals surface area contributed by atoms with Crippen LogP contribution in [-0.4, -0.2) is 44.2 Å². The number of aliphatic hydroxyl groups is 1. The van der Waals surface area contributed by atoms with E-state index in [-0.39, 0.29) is 47.3 Å². The van der Waals surface area contributed by atoms with E-state index in [1.165, 1.54) is 36.4 Å². The van der Waals surface area contributed by atoms with Crippen LogP contribution in [0.1, 0.15) is 17.3 Å². The second-order valence-electron chi connectivity index (χ2n) is 5.49. The molecule has 0 aliphatic rings. The van der Waals surface area contributed by atoms with E-state index in [4.69, 9.17) is 9.84 Å². The molecular formula is C17H19N3O7S. The Morgan fingerprint density at radius 2 is 1.86 bits per heavy atom. The van der Waals surface area contributed by atoms with Gasteiger partial charge in [-0.25, -0.2) is 13.2 Å². The molecule has 10 nitrogen and oxygen atoms in total. The molecule has 3 N–H and O–H groups in total. The molecule has 28 heavy (non-hydrogen) atoms. The average molecular weight is 409 g/mol. The average Bonchev–Trinajstić information content (AvgIpc) is 2.67. The lowest BCUT2D eigenvalue weighted by atomic mass is 10.2. The summed E-state index contributed by atoms with van der Waals surface area (Å²) in [5, 5.41) is 22.7. The lowest BCUT2D eigenvalue weighted by Gasteiger charge is -2.14. The minimum absolute atomic E-state index is 0.0443. The molecule has 150 valence electrons. The first kappa shape index (κ1) is 21.1. The third-order valence-electron chi connectivity index (χ3n) is 3.56. The highest BCUT2D eigenvalue weighted by atomic mass is 32.2. The molecule has 0 radical (unpaired) electrons. The van der Waals surface area contributed by atoms with E-state index in [0.29, 0.717) is 0 Å². The Kier molecular flexibility index (Phi) is 6.90. The summed E-state index contributed by atoms with van der Waals surface area (Å²) < 4.78 is 32.4. The SMILES string of the molecule is CCOC(=O)c1ccc(S(=O)(=O)Nc2cc([N+](=O)[O-])ccc2NCCO)cc1. The van der Waals surface area contributed by atoms with Crippen LogP contribution in [0.3, 0.4) is 0 Å². The highest BCUT2D eigenvalue weighted by molar-refractivity contribution is 7.92. The molecule has 0 amide bonds. The molecule has 0 saturated heterocycles. The standard InChI is InChI=1S/C17H19N3O7S/c1-2-27-17(22)12-3-6-14(7-4-12)28(25,26)19-16-11-13(20(23)24)5-8-15(16)18-9-10-21/h3-8,11,18-19,21H,2,9-10H2,1H3. The number of hydrogen-bond donors (Lipinski definition) is 3. The van der Waals surface area contributed by atoms with Gasteiger partial charge in [0, 0.05) is 18.7 Å². The quantitative estimate of drug-likeness (QED) is 0.323. The van der Waals surface area contributed by atoms with Crippen molar-refractivity contribution in [2.75, 3.05) is 29.8 Å². The van der Waals surface area contributed by atoms with E-state index >= 15 is 0 Å². The summed E-state index contributed by atoms with van der Waals surface area (Å²) in [5.74, 6) is -0.575. The van der Waals surface area contributed by atoms with Crippen LogP contribution in [0.15, 0.2) is 47.4 Å². The van der Waals surface area contributed by atoms with Gasteiger partial charge in [-0.2, -0.15) is 0 Å². The topological polar surface area (TPSA) is 148 Å². The fraction of sp³-hybridized carbons (Fsp3) is 0.235. The van der Waals surface area contributed by atoms with Gasteiger partial charge in [0.25, 0.3) is 15.7 Å². The number of nitro groups is 1. The Labute approximate surface area is 161 Å². The van der Waals surface area contributed by atoms with Gasteiger partial charge in [-0.05, 0) is 37.3 Å². The van der Waals surface area contributed by atoms with E-state index in [9.17, 15) is 23.3 Å². The van der Waals surface area contributed by atoms with Crippen molar-refractivity contribution in [3.63, 3.8) is 0 Å². The minimum atomic E-state index is -4.09. The molecule has 0 atom stereocenters. The Balaban J connectivity index is 2.33. The highest BCUT2D eigenvalue weighted by Gasteiger charge is 2.19. The first-order valence-corrected chi connectivity index (χ1v) is 9.70. The number of carbonyl (C=O) groups excluding carboxylic acids is 1. The number of ether oxygens (including phenoxy) is 1. The van der Waals surface area contributed by atoms with Gasteiger partial charge in [-0.15, -0.1) is 0 Å². The smallest absolute Gasteiger partial charge is 0.338 e. The molecule has 0 bridgehead atoms. The van der Waals surface area contributed by atoms with Crippen molar-refractivity contribution in [1.82, 2.24) is 0 Å². The third-order valence-corrected chi connectivity index (χ3v) is 4.94. The van der Waals surface area contributed by atoms with Crippen molar-refractivity contribution < 1.29 is 28.0 Å². The van der Waals surface area contributed by atoms with Gasteiger partial charge in [0.15, 0.2) is 0 Å². The highest BCUT2D eigenvalue weighted by Crippen LogP contribution is 2.29. The van der Waals surface area contributed by atoms with Crippen LogP contribution in [0.4, 0.5) is 17.1 Å². The summed E-state index contributed by atoms with van der Waals surface area (Å²) in [6.45, 7) is 1.76. The number of anilines is 2. The van der Waals surface area contributed by atoms with E-state index in [0.717, 1.165) is 6.07 Å². The molecule has 2 aromatic carbocycles. The van der Waals surface area contributed by atoms with E-state index in [1.54, 1.807) is 6.92 Å². The molecule has 2 rings (SSSR count). The van der Waals surface area contributed by atoms with Crippen LogP contribution in [0.25, 0.3) is 0 Å². The second-order valence-corrected chi connectivity index (χ2v) is 7.17. The van der Waals surface area contributed by atoms with Gasteiger partial charge in [0.1, 0.15) is 0 Å². The number of rotatable bonds is 9. The molecule has 0 spiro atoms. The van der Waals surface area contributed by atoms with Crippen molar-refractivity contribution in [3.05, 3.63) is 58.1 Å². The summed E-state index contributed by atoms with van der Waals surface area (Å²) in [6, 6.07) is 8.71. The first-order chi connectivity index (χ1) is 13.3. The number of hydrogen-bond acceptors (Lipinski definition) is 8. The monoisotopic (exact) mass is 409 g/mol. The molecule has 0 aliphatic heterocycles. The normalized spacial score (nSPS) is 10.9. The van der Waals surface area contributed by atoms with Crippen molar-refractivity contribution in [2.45, 2.75) is 11.8 Å². The van der Waals surface area contributed by atoms with E-state index < -0.39 is 20.9 Å². The number of sulfonamides is 1. The van der Waals surface area contributed by atoms with Crippen molar-refractivity contribution in [1.29, 1.82) is 0 Å². The maximum absolute atomic E-state index is 12.6. The van der Waals surface area contributed by atoms with Gasteiger partial charge in [-0.3, -0.25) is 14.8 Å². The molecule has 0 aromatic heterocycles. The summed E-state index contributed by atoms with van der Waals surface area (Å²) in [6.07, 6.45) is 0. The van der Waals surface area contributed by atoms with Gasteiger partial charge in [0.2, 0.25) is 0 Å². The third kappa shape index (κ3) is 5.18. The lowest BCUT2D eigenvalue weighted by Crippen LogP contribution is -2.16. The van der Waals surface area contributed by atoms with Crippen LogP contribution < -0.4 is 10.0 Å². The number of benzene rings is 2. The number of esters is 1. The summed E-state index contributed by atoms with van der Waals surface area (Å²) in [5.41, 5.74) is 0.120. The van der Waals surface area contributed by atoms with Gasteiger partial charge >= 0.3 is 5.97 Å². The Bertz CT molecular complexity index is 959. The zero-order valence-corrected chi connectivity index (χ0v) is 15.7. The number of aliphatic hydroxyl groups excluding tert-OH is 1. The van der Waals surface area contributed by atoms with Crippen LogP contribution in [0.2, 0.25) is 0 Å². The fourth-order valence-corrected chi connectivity index (χ4v) is 3.33. The Hall–Kier alpha value is -3.18. The van der Waals surface area contributed by atoms with Crippen molar-refractivity contribution >= 4 is 33.1 Å². The van der Waals surface area contributed by atoms with Gasteiger partial charge < -0.3 is 15.2 Å². The number of non-ortho nitro benzene ring substituents is 1. The van der Waals surface area contributed by atoms with E-state index in [2.05, 4.69) is 10.0 Å². The maximum atomic E-state index is 12.6. The number of carbonyl (C=O) groups is 1. The number of nitrogens with one attached hydrogen (secondary N) is 2. The van der Waals surface area contributed by atoms with Crippen LogP contribution >= 0.6 is 0 Å². The summed E-state index contributed by atoms with van der Waals surface area (Å²) in [4.78, 5) is 21.9. The number of nitro benzene ring substituents is 1. The predicted molar refractivity (Wildman–Crippen MR) is 102 cm³/mol. The lowest BCUT2D eigenvalue weighted by molar-refractivity contribution is -0.384. The molecule has 0 unspecified atom stereocenters. The number of nitrogens with zero attached hydrogens (tertiary/aromatic N) is 1. The fourth-order valence-electron chi connectivity index (χ4n) is 2.26. The van der Waals surface area contributed by atoms with Gasteiger partial charge in [-0.1, -0.05) is 0 Å². The molecule has 0 saturated carbocycles. The molecule has 2 aromatic rings. The first-order valence-electron chi connectivity index (χ1n) is 8.21. The van der Waals surface area contributed by atoms with Crippen LogP contribution in [-0.2, 0) is 14.8 Å². The minimum Gasteiger partial charge on any atom is -0.462 e. The molecule has 0 aliphatic carbocycles. The molecule has 0 heterocycles. The van der Waals surface area contributed by atoms with Gasteiger partial charge in [0.05, 0.1) is 40.0 Å². The van der Waals surface area contributed by atoms with Crippen molar-refractivity contribution in [2.24, 2.45) is 0 Å². The maximum Gasteiger partial charge on any atom is 0.338 e. The van der Waals surface area contributed by atoms with E-state index in [1.807, 2.05) is 0 Å². The molecular weight excluding hydrogens is 390 g/mol. The predicted octanol–water partition coefficient (Wildman–Crippen LogP) is 1.98. The summed E-state index contributed by atoms with van der Waals surface area (Å²) in [7, 11) is -4.09. The molecule has 0 fully saturated rings. The zero-order valence-electron chi connectivity index (χ0n) is 14.9. The van der Waals surface area contributed by atoms with Crippen molar-refractivity contribution in [3.8, 4) is 0 Å². The van der Waals surface area contributed by atoms with Crippen LogP contribution in [0.5, 0.6) is 0 Å². The van der Waals surface area contributed by atoms with Crippen LogP contribution in [0, 0.1) is 10.1 Å². The summed E-state index contributed by atoms with van der Waals surface area (Å²) >= 11 is 0. The Morgan fingerprint density at radius 3 is 2.43 bits per heavy atom. The second kappa shape index (κ2) is 9.15. The zero-order chi connectivity index (χ0) is 20.7. The Morgan fingerprint density at radius 1 is 1.18 bits per heavy atom. The largest absolute Gasteiger partial charge is 0.462 e.